The van der Waals surface area contributed by atoms with Crippen LogP contribution in [-0.4, -0.2) is 0 Å². The second kappa shape index (κ2) is 5.78. The quantitative estimate of drug-likeness (QED) is 0.871. The summed E-state index contributed by atoms with van der Waals surface area (Å²) in [5.74, 6) is 0.284. The molecule has 2 rings (SSSR count). The summed E-state index contributed by atoms with van der Waals surface area (Å²) >= 11 is 11.9. The largest absolute Gasteiger partial charge is 0.455 e. The van der Waals surface area contributed by atoms with Gasteiger partial charge in [0.15, 0.2) is 0 Å². The summed E-state index contributed by atoms with van der Waals surface area (Å²) < 4.78 is 19.4. The van der Waals surface area contributed by atoms with Crippen LogP contribution in [0.2, 0.25) is 10.0 Å². The average Bonchev–Trinajstić information content (AvgIpc) is 2.33. The lowest BCUT2D eigenvalue weighted by atomic mass is 10.1. The van der Waals surface area contributed by atoms with Gasteiger partial charge < -0.3 is 10.5 Å². The van der Waals surface area contributed by atoms with Crippen LogP contribution in [0.1, 0.15) is 18.5 Å². The number of nitrogens with two attached hydrogens (primary N) is 1. The molecule has 0 aliphatic heterocycles. The molecule has 2 N–H and O–H groups in total. The van der Waals surface area contributed by atoms with Crippen LogP contribution in [0.3, 0.4) is 0 Å². The Kier molecular flexibility index (Phi) is 4.30. The zero-order chi connectivity index (χ0) is 14.0. The molecular formula is C14H12Cl2FNO. The first kappa shape index (κ1) is 14.1. The third-order valence-corrected chi connectivity index (χ3v) is 3.13. The molecule has 0 saturated carbocycles. The lowest BCUT2D eigenvalue weighted by Crippen LogP contribution is -2.09. The fourth-order valence-corrected chi connectivity index (χ4v) is 2.04. The summed E-state index contributed by atoms with van der Waals surface area (Å²) in [5.41, 5.74) is 6.06. The van der Waals surface area contributed by atoms with Crippen molar-refractivity contribution in [3.63, 3.8) is 0 Å². The van der Waals surface area contributed by atoms with E-state index in [0.717, 1.165) is 0 Å². The topological polar surface area (TPSA) is 35.2 Å². The summed E-state index contributed by atoms with van der Waals surface area (Å²) in [6.45, 7) is 1.69. The number of ether oxygens (including phenoxy) is 1. The van der Waals surface area contributed by atoms with Gasteiger partial charge in [0.25, 0.3) is 0 Å². The first-order chi connectivity index (χ1) is 8.99. The standard InChI is InChI=1S/C14H12Cl2FNO/c1-8(18)14-11(17)3-2-4-12(14)19-13-7-9(15)5-6-10(13)16/h2-8H,18H2,1H3/t8-/m0/s1. The molecule has 0 radical (unpaired) electrons. The molecule has 2 aromatic rings. The fraction of sp³-hybridized carbons (Fsp3) is 0.143. The third kappa shape index (κ3) is 3.18. The second-order valence-electron chi connectivity index (χ2n) is 4.12. The highest BCUT2D eigenvalue weighted by Crippen LogP contribution is 2.35. The van der Waals surface area contributed by atoms with Crippen molar-refractivity contribution in [3.8, 4) is 11.5 Å². The number of hydrogen-bond donors (Lipinski definition) is 1. The van der Waals surface area contributed by atoms with E-state index >= 15 is 0 Å². The number of benzene rings is 2. The van der Waals surface area contributed by atoms with Crippen molar-refractivity contribution < 1.29 is 9.13 Å². The molecule has 0 bridgehead atoms. The maximum absolute atomic E-state index is 13.8. The first-order valence-electron chi connectivity index (χ1n) is 5.66. The molecule has 5 heteroatoms. The molecule has 0 amide bonds. The van der Waals surface area contributed by atoms with Gasteiger partial charge in [-0.2, -0.15) is 0 Å². The van der Waals surface area contributed by atoms with Crippen molar-refractivity contribution >= 4 is 23.2 Å². The monoisotopic (exact) mass is 299 g/mol. The van der Waals surface area contributed by atoms with E-state index in [4.69, 9.17) is 33.7 Å². The molecular weight excluding hydrogens is 288 g/mol. The molecule has 2 aromatic carbocycles. The second-order valence-corrected chi connectivity index (χ2v) is 4.96. The molecule has 0 aromatic heterocycles. The molecule has 0 saturated heterocycles. The predicted molar refractivity (Wildman–Crippen MR) is 75.5 cm³/mol. The van der Waals surface area contributed by atoms with E-state index in [9.17, 15) is 4.39 Å². The van der Waals surface area contributed by atoms with Gasteiger partial charge in [0.2, 0.25) is 0 Å². The van der Waals surface area contributed by atoms with Gasteiger partial charge >= 0.3 is 0 Å². The molecule has 19 heavy (non-hydrogen) atoms. The van der Waals surface area contributed by atoms with Gasteiger partial charge in [-0.3, -0.25) is 0 Å². The smallest absolute Gasteiger partial charge is 0.147 e. The van der Waals surface area contributed by atoms with Crippen molar-refractivity contribution in [2.45, 2.75) is 13.0 Å². The molecule has 2 nitrogen and oxygen atoms in total. The lowest BCUT2D eigenvalue weighted by Gasteiger charge is -2.15. The molecule has 0 heterocycles. The van der Waals surface area contributed by atoms with Crippen LogP contribution in [0.25, 0.3) is 0 Å². The predicted octanol–water partition coefficient (Wildman–Crippen LogP) is 4.94. The van der Waals surface area contributed by atoms with Crippen LogP contribution < -0.4 is 10.5 Å². The average molecular weight is 300 g/mol. The van der Waals surface area contributed by atoms with E-state index in [1.54, 1.807) is 37.3 Å². The highest BCUT2D eigenvalue weighted by Gasteiger charge is 2.15. The van der Waals surface area contributed by atoms with E-state index in [1.165, 1.54) is 6.07 Å². The number of rotatable bonds is 3. The van der Waals surface area contributed by atoms with Gasteiger partial charge in [-0.1, -0.05) is 29.3 Å². The minimum Gasteiger partial charge on any atom is -0.455 e. The molecule has 0 aliphatic carbocycles. The van der Waals surface area contributed by atoms with Gasteiger partial charge in [0.05, 0.1) is 5.02 Å². The van der Waals surface area contributed by atoms with Crippen LogP contribution >= 0.6 is 23.2 Å². The first-order valence-corrected chi connectivity index (χ1v) is 6.41. The van der Waals surface area contributed by atoms with E-state index in [0.29, 0.717) is 27.1 Å². The third-order valence-electron chi connectivity index (χ3n) is 2.58. The Morgan fingerprint density at radius 3 is 2.58 bits per heavy atom. The van der Waals surface area contributed by atoms with Crippen LogP contribution in [0.15, 0.2) is 36.4 Å². The van der Waals surface area contributed by atoms with Crippen molar-refractivity contribution in [1.29, 1.82) is 0 Å². The molecule has 0 unspecified atom stereocenters. The Hall–Kier alpha value is -1.29. The van der Waals surface area contributed by atoms with Gasteiger partial charge in [-0.25, -0.2) is 4.39 Å². The zero-order valence-corrected chi connectivity index (χ0v) is 11.7. The summed E-state index contributed by atoms with van der Waals surface area (Å²) in [5, 5.41) is 0.877. The summed E-state index contributed by atoms with van der Waals surface area (Å²) in [4.78, 5) is 0. The SMILES string of the molecule is C[C@H](N)c1c(F)cccc1Oc1cc(Cl)ccc1Cl. The molecule has 0 spiro atoms. The highest BCUT2D eigenvalue weighted by molar-refractivity contribution is 6.34. The Bertz CT molecular complexity index is 602. The van der Waals surface area contributed by atoms with Gasteiger partial charge in [0.1, 0.15) is 17.3 Å². The van der Waals surface area contributed by atoms with Crippen LogP contribution in [0.5, 0.6) is 11.5 Å². The normalized spacial score (nSPS) is 12.3. The maximum atomic E-state index is 13.8. The van der Waals surface area contributed by atoms with Gasteiger partial charge in [-0.15, -0.1) is 0 Å². The summed E-state index contributed by atoms with van der Waals surface area (Å²) in [6.07, 6.45) is 0. The Labute approximate surface area is 120 Å². The zero-order valence-electron chi connectivity index (χ0n) is 10.2. The van der Waals surface area contributed by atoms with Crippen molar-refractivity contribution in [1.82, 2.24) is 0 Å². The highest BCUT2D eigenvalue weighted by atomic mass is 35.5. The van der Waals surface area contributed by atoms with Gasteiger partial charge in [-0.05, 0) is 31.2 Å². The van der Waals surface area contributed by atoms with E-state index < -0.39 is 11.9 Å². The van der Waals surface area contributed by atoms with Crippen molar-refractivity contribution in [2.24, 2.45) is 5.73 Å². The summed E-state index contributed by atoms with van der Waals surface area (Å²) in [6, 6.07) is 8.87. The lowest BCUT2D eigenvalue weighted by molar-refractivity contribution is 0.461. The Morgan fingerprint density at radius 2 is 1.89 bits per heavy atom. The minimum absolute atomic E-state index is 0.304. The molecule has 100 valence electrons. The number of hydrogen-bond acceptors (Lipinski definition) is 2. The van der Waals surface area contributed by atoms with Crippen molar-refractivity contribution in [3.05, 3.63) is 57.8 Å². The fourth-order valence-electron chi connectivity index (χ4n) is 1.72. The van der Waals surface area contributed by atoms with E-state index in [-0.39, 0.29) is 0 Å². The van der Waals surface area contributed by atoms with E-state index in [2.05, 4.69) is 0 Å². The summed E-state index contributed by atoms with van der Waals surface area (Å²) in [7, 11) is 0. The van der Waals surface area contributed by atoms with E-state index in [1.807, 2.05) is 0 Å². The Morgan fingerprint density at radius 1 is 1.16 bits per heavy atom. The Balaban J connectivity index is 2.44. The van der Waals surface area contributed by atoms with Crippen LogP contribution in [-0.2, 0) is 0 Å². The van der Waals surface area contributed by atoms with Crippen molar-refractivity contribution in [2.75, 3.05) is 0 Å². The van der Waals surface area contributed by atoms with Crippen LogP contribution in [0, 0.1) is 5.82 Å². The molecule has 0 fully saturated rings. The molecule has 1 atom stereocenters. The number of halogens is 3. The minimum atomic E-state index is -0.492. The van der Waals surface area contributed by atoms with Crippen LogP contribution in [0.4, 0.5) is 4.39 Å². The molecule has 0 aliphatic rings. The van der Waals surface area contributed by atoms with Gasteiger partial charge in [0, 0.05) is 22.7 Å². The maximum Gasteiger partial charge on any atom is 0.147 e.